The van der Waals surface area contributed by atoms with E-state index >= 15 is 0 Å². The Morgan fingerprint density at radius 2 is 1.95 bits per heavy atom. The van der Waals surface area contributed by atoms with Gasteiger partial charge in [0.15, 0.2) is 0 Å². The van der Waals surface area contributed by atoms with Crippen molar-refractivity contribution < 1.29 is 0 Å². The van der Waals surface area contributed by atoms with E-state index < -0.39 is 0 Å². The fourth-order valence-corrected chi connectivity index (χ4v) is 3.23. The van der Waals surface area contributed by atoms with Crippen LogP contribution in [0.25, 0.3) is 11.1 Å². The smallest absolute Gasteiger partial charge is 0.0843 e. The van der Waals surface area contributed by atoms with Crippen molar-refractivity contribution >= 4 is 0 Å². The highest BCUT2D eigenvalue weighted by molar-refractivity contribution is 5.70. The molecule has 0 bridgehead atoms. The molecule has 0 fully saturated rings. The zero-order chi connectivity index (χ0) is 14.1. The second-order valence-electron chi connectivity index (χ2n) is 5.75. The zero-order valence-corrected chi connectivity index (χ0v) is 12.7. The summed E-state index contributed by atoms with van der Waals surface area (Å²) >= 11 is 0. The Hall–Kier alpha value is -1.61. The molecule has 3 rings (SSSR count). The lowest BCUT2D eigenvalue weighted by molar-refractivity contribution is 0.686. The minimum atomic E-state index is 0.814. The van der Waals surface area contributed by atoms with E-state index in [-0.39, 0.29) is 0 Å². The Balaban J connectivity index is 2.08. The van der Waals surface area contributed by atoms with E-state index in [1.165, 1.54) is 53.6 Å². The molecule has 0 aliphatic heterocycles. The van der Waals surface area contributed by atoms with Gasteiger partial charge in [-0.3, -0.25) is 4.68 Å². The molecule has 3 nitrogen and oxygen atoms in total. The number of rotatable bonds is 3. The maximum atomic E-state index is 4.64. The number of hydrogen-bond donors (Lipinski definition) is 1. The monoisotopic (exact) mass is 269 g/mol. The molecule has 106 valence electrons. The summed E-state index contributed by atoms with van der Waals surface area (Å²) in [6.07, 6.45) is 5.13. The molecule has 0 saturated carbocycles. The number of aryl methyl sites for hydroxylation is 3. The maximum absolute atomic E-state index is 4.64. The van der Waals surface area contributed by atoms with Crippen molar-refractivity contribution in [1.29, 1.82) is 0 Å². The van der Waals surface area contributed by atoms with E-state index in [0.29, 0.717) is 0 Å². The van der Waals surface area contributed by atoms with Gasteiger partial charge in [0.1, 0.15) is 0 Å². The van der Waals surface area contributed by atoms with Crippen molar-refractivity contribution in [2.24, 2.45) is 7.05 Å². The summed E-state index contributed by atoms with van der Waals surface area (Å²) in [5.74, 6) is 0. The Morgan fingerprint density at radius 1 is 1.20 bits per heavy atom. The van der Waals surface area contributed by atoms with Crippen molar-refractivity contribution in [2.75, 3.05) is 7.05 Å². The highest BCUT2D eigenvalue weighted by Gasteiger charge is 2.16. The van der Waals surface area contributed by atoms with Crippen LogP contribution in [0.15, 0.2) is 18.2 Å². The number of fused-ring (bicyclic) bond motifs is 1. The van der Waals surface area contributed by atoms with Gasteiger partial charge in [0.2, 0.25) is 0 Å². The number of benzene rings is 1. The van der Waals surface area contributed by atoms with E-state index in [2.05, 4.69) is 35.5 Å². The molecule has 1 heterocycles. The number of hydrogen-bond acceptors (Lipinski definition) is 2. The molecule has 1 aromatic heterocycles. The third-order valence-electron chi connectivity index (χ3n) is 4.39. The first kappa shape index (κ1) is 13.4. The normalized spacial score (nSPS) is 14.3. The molecule has 2 aromatic rings. The summed E-state index contributed by atoms with van der Waals surface area (Å²) in [6.45, 7) is 2.97. The fourth-order valence-electron chi connectivity index (χ4n) is 3.23. The predicted molar refractivity (Wildman–Crippen MR) is 82.8 cm³/mol. The van der Waals surface area contributed by atoms with Gasteiger partial charge in [-0.25, -0.2) is 0 Å². The molecule has 0 spiro atoms. The van der Waals surface area contributed by atoms with Gasteiger partial charge >= 0.3 is 0 Å². The van der Waals surface area contributed by atoms with Crippen LogP contribution < -0.4 is 5.32 Å². The summed E-state index contributed by atoms with van der Waals surface area (Å²) in [5.41, 5.74) is 8.08. The van der Waals surface area contributed by atoms with E-state index in [9.17, 15) is 0 Å². The molecule has 3 heteroatoms. The summed E-state index contributed by atoms with van der Waals surface area (Å²) in [4.78, 5) is 0. The highest BCUT2D eigenvalue weighted by Crippen LogP contribution is 2.31. The van der Waals surface area contributed by atoms with Crippen LogP contribution in [-0.2, 0) is 26.4 Å². The van der Waals surface area contributed by atoms with Gasteiger partial charge in [-0.05, 0) is 56.3 Å². The number of aromatic nitrogens is 2. The molecular formula is C17H23N3. The molecule has 1 N–H and O–H groups in total. The van der Waals surface area contributed by atoms with Crippen LogP contribution in [0.1, 0.15) is 35.4 Å². The summed E-state index contributed by atoms with van der Waals surface area (Å²) in [5, 5.41) is 7.86. The van der Waals surface area contributed by atoms with Gasteiger partial charge in [0, 0.05) is 24.8 Å². The van der Waals surface area contributed by atoms with Gasteiger partial charge in [0.25, 0.3) is 0 Å². The van der Waals surface area contributed by atoms with Crippen molar-refractivity contribution in [3.63, 3.8) is 0 Å². The quantitative estimate of drug-likeness (QED) is 0.928. The van der Waals surface area contributed by atoms with Crippen LogP contribution in [0.3, 0.4) is 0 Å². The van der Waals surface area contributed by atoms with Crippen LogP contribution in [0.2, 0.25) is 0 Å². The van der Waals surface area contributed by atoms with Crippen LogP contribution in [0.5, 0.6) is 0 Å². The van der Waals surface area contributed by atoms with Crippen LogP contribution in [-0.4, -0.2) is 16.8 Å². The third-order valence-corrected chi connectivity index (χ3v) is 4.39. The average Bonchev–Trinajstić information content (AvgIpc) is 2.74. The summed E-state index contributed by atoms with van der Waals surface area (Å²) in [6, 6.07) is 6.98. The van der Waals surface area contributed by atoms with Crippen molar-refractivity contribution in [3.05, 3.63) is 40.7 Å². The van der Waals surface area contributed by atoms with Crippen molar-refractivity contribution in [3.8, 4) is 11.1 Å². The first-order valence-corrected chi connectivity index (χ1v) is 7.50. The van der Waals surface area contributed by atoms with Crippen LogP contribution in [0.4, 0.5) is 0 Å². The van der Waals surface area contributed by atoms with E-state index in [4.69, 9.17) is 0 Å². The van der Waals surface area contributed by atoms with Crippen LogP contribution in [0, 0.1) is 6.92 Å². The Morgan fingerprint density at radius 3 is 2.70 bits per heavy atom. The largest absolute Gasteiger partial charge is 0.314 e. The van der Waals surface area contributed by atoms with Crippen molar-refractivity contribution in [2.45, 2.75) is 39.2 Å². The molecular weight excluding hydrogens is 246 g/mol. The zero-order valence-electron chi connectivity index (χ0n) is 12.7. The standard InChI is InChI=1S/C17H23N3/c1-12-17(16(11-18-2)19-20(12)3)15-9-8-13-6-4-5-7-14(13)10-15/h8-10,18H,4-7,11H2,1-3H3. The third kappa shape index (κ3) is 2.27. The van der Waals surface area contributed by atoms with Crippen LogP contribution >= 0.6 is 0 Å². The van der Waals surface area contributed by atoms with Gasteiger partial charge < -0.3 is 5.32 Å². The molecule has 0 atom stereocenters. The van der Waals surface area contributed by atoms with Crippen molar-refractivity contribution in [1.82, 2.24) is 15.1 Å². The molecule has 1 aliphatic rings. The topological polar surface area (TPSA) is 29.9 Å². The first-order valence-electron chi connectivity index (χ1n) is 7.50. The molecule has 20 heavy (non-hydrogen) atoms. The molecule has 0 saturated heterocycles. The van der Waals surface area contributed by atoms with E-state index in [1.807, 2.05) is 18.8 Å². The molecule has 1 aliphatic carbocycles. The minimum absolute atomic E-state index is 0.814. The van der Waals surface area contributed by atoms with Gasteiger partial charge in [-0.15, -0.1) is 0 Å². The number of nitrogens with one attached hydrogen (secondary N) is 1. The maximum Gasteiger partial charge on any atom is 0.0843 e. The summed E-state index contributed by atoms with van der Waals surface area (Å²) < 4.78 is 1.99. The molecule has 1 aromatic carbocycles. The highest BCUT2D eigenvalue weighted by atomic mass is 15.3. The van der Waals surface area contributed by atoms with E-state index in [0.717, 1.165) is 12.2 Å². The lowest BCUT2D eigenvalue weighted by Gasteiger charge is -2.17. The second-order valence-corrected chi connectivity index (χ2v) is 5.75. The van der Waals surface area contributed by atoms with E-state index in [1.54, 1.807) is 0 Å². The minimum Gasteiger partial charge on any atom is -0.314 e. The SMILES string of the molecule is CNCc1nn(C)c(C)c1-c1ccc2c(c1)CCCC2. The Kier molecular flexibility index (Phi) is 3.62. The molecule has 0 radical (unpaired) electrons. The fraction of sp³-hybridized carbons (Fsp3) is 0.471. The Labute approximate surface area is 121 Å². The Bertz CT molecular complexity index is 625. The average molecular weight is 269 g/mol. The predicted octanol–water partition coefficient (Wildman–Crippen LogP) is 2.99. The second kappa shape index (κ2) is 5.41. The van der Waals surface area contributed by atoms with Gasteiger partial charge in [-0.2, -0.15) is 5.10 Å². The lowest BCUT2D eigenvalue weighted by atomic mass is 9.88. The van der Waals surface area contributed by atoms with Gasteiger partial charge in [-0.1, -0.05) is 18.2 Å². The molecule has 0 unspecified atom stereocenters. The first-order chi connectivity index (χ1) is 9.70. The summed E-state index contributed by atoms with van der Waals surface area (Å²) in [7, 11) is 4.00. The molecule has 0 amide bonds. The number of nitrogens with zero attached hydrogens (tertiary/aromatic N) is 2. The van der Waals surface area contributed by atoms with Gasteiger partial charge in [0.05, 0.1) is 5.69 Å². The lowest BCUT2D eigenvalue weighted by Crippen LogP contribution is -2.07.